The van der Waals surface area contributed by atoms with Gasteiger partial charge < -0.3 is 4.90 Å². The van der Waals surface area contributed by atoms with Gasteiger partial charge in [-0.05, 0) is 36.6 Å². The first kappa shape index (κ1) is 20.1. The molecule has 146 valence electrons. The van der Waals surface area contributed by atoms with Crippen molar-refractivity contribution in [3.8, 4) is 0 Å². The van der Waals surface area contributed by atoms with Gasteiger partial charge in [-0.3, -0.25) is 4.57 Å². The van der Waals surface area contributed by atoms with Crippen LogP contribution in [0.25, 0.3) is 5.57 Å². The van der Waals surface area contributed by atoms with Gasteiger partial charge >= 0.3 is 0 Å². The van der Waals surface area contributed by atoms with Gasteiger partial charge in [-0.1, -0.05) is 35.3 Å². The number of hydrogen-bond donors (Lipinski definition) is 1. The lowest BCUT2D eigenvalue weighted by molar-refractivity contribution is 0.558. The van der Waals surface area contributed by atoms with Crippen LogP contribution in [0, 0.1) is 0 Å². The molecular formula is C17H21Cl2N5O2S. The Morgan fingerprint density at radius 2 is 1.96 bits per heavy atom. The Hall–Kier alpha value is -1.61. The molecule has 2 heterocycles. The molecule has 1 aromatic carbocycles. The van der Waals surface area contributed by atoms with E-state index < -0.39 is 16.1 Å². The van der Waals surface area contributed by atoms with Crippen molar-refractivity contribution in [2.45, 2.75) is 19.4 Å². The molecule has 0 bridgehead atoms. The average Bonchev–Trinajstić information content (AvgIpc) is 2.98. The maximum atomic E-state index is 11.4. The number of benzene rings is 1. The summed E-state index contributed by atoms with van der Waals surface area (Å²) in [5, 5.41) is 9.50. The second-order valence-corrected chi connectivity index (χ2v) is 9.18. The van der Waals surface area contributed by atoms with E-state index in [1.54, 1.807) is 13.0 Å². The van der Waals surface area contributed by atoms with Crippen molar-refractivity contribution in [2.24, 2.45) is 7.05 Å². The number of nitrogens with one attached hydrogen (secondary N) is 1. The van der Waals surface area contributed by atoms with Gasteiger partial charge in [0.2, 0.25) is 16.0 Å². The number of hydrogen-bond acceptors (Lipinski definition) is 5. The largest absolute Gasteiger partial charge is 0.337 e. The molecule has 0 aliphatic carbocycles. The topological polar surface area (TPSA) is 80.1 Å². The monoisotopic (exact) mass is 429 g/mol. The van der Waals surface area contributed by atoms with Crippen LogP contribution in [0.1, 0.15) is 30.8 Å². The molecule has 10 heteroatoms. The van der Waals surface area contributed by atoms with Crippen molar-refractivity contribution >= 4 is 44.7 Å². The summed E-state index contributed by atoms with van der Waals surface area (Å²) in [4.78, 5) is 2.10. The molecule has 1 atom stereocenters. The highest BCUT2D eigenvalue weighted by molar-refractivity contribution is 7.88. The SMILES string of the molecule is CC(NS(C)(=O)=O)c1nnc(N2CC=C(c3ccc(Cl)c(Cl)c3)CC2)n1C. The van der Waals surface area contributed by atoms with Crippen molar-refractivity contribution in [1.29, 1.82) is 0 Å². The highest BCUT2D eigenvalue weighted by atomic mass is 35.5. The predicted molar refractivity (Wildman–Crippen MR) is 109 cm³/mol. The number of rotatable bonds is 5. The fourth-order valence-electron chi connectivity index (χ4n) is 3.17. The maximum Gasteiger partial charge on any atom is 0.227 e. The molecule has 0 radical (unpaired) electrons. The Morgan fingerprint density at radius 3 is 2.56 bits per heavy atom. The standard InChI is InChI=1S/C17H21Cl2N5O2S/c1-11(22-27(3,25)26)16-20-21-17(23(16)2)24-8-6-12(7-9-24)13-4-5-14(18)15(19)10-13/h4-6,10-11,22H,7-9H2,1-3H3. The van der Waals surface area contributed by atoms with E-state index in [0.717, 1.165) is 24.8 Å². The van der Waals surface area contributed by atoms with E-state index in [2.05, 4.69) is 25.9 Å². The fraction of sp³-hybridized carbons (Fsp3) is 0.412. The van der Waals surface area contributed by atoms with Crippen LogP contribution in [0.15, 0.2) is 24.3 Å². The van der Waals surface area contributed by atoms with E-state index in [9.17, 15) is 8.42 Å². The Labute approximate surface area is 169 Å². The molecule has 2 aromatic rings. The summed E-state index contributed by atoms with van der Waals surface area (Å²) < 4.78 is 27.2. The molecule has 7 nitrogen and oxygen atoms in total. The van der Waals surface area contributed by atoms with Gasteiger partial charge in [0.05, 0.1) is 22.3 Å². The minimum absolute atomic E-state index is 0.460. The van der Waals surface area contributed by atoms with Gasteiger partial charge in [0.1, 0.15) is 0 Å². The summed E-state index contributed by atoms with van der Waals surface area (Å²) in [6.07, 6.45) is 4.09. The molecule has 1 aliphatic heterocycles. The van der Waals surface area contributed by atoms with Crippen molar-refractivity contribution in [2.75, 3.05) is 24.2 Å². The van der Waals surface area contributed by atoms with Crippen LogP contribution >= 0.6 is 23.2 Å². The van der Waals surface area contributed by atoms with E-state index in [0.29, 0.717) is 28.4 Å². The van der Waals surface area contributed by atoms with Gasteiger partial charge in [-0.25, -0.2) is 13.1 Å². The first-order valence-corrected chi connectivity index (χ1v) is 11.1. The quantitative estimate of drug-likeness (QED) is 0.789. The molecule has 0 fully saturated rings. The fourth-order valence-corrected chi connectivity index (χ4v) is 4.21. The zero-order chi connectivity index (χ0) is 19.8. The van der Waals surface area contributed by atoms with Crippen LogP contribution in [0.4, 0.5) is 5.95 Å². The zero-order valence-corrected chi connectivity index (χ0v) is 17.6. The first-order chi connectivity index (χ1) is 12.7. The highest BCUT2D eigenvalue weighted by Gasteiger charge is 2.23. The Balaban J connectivity index is 1.76. The molecular weight excluding hydrogens is 409 g/mol. The predicted octanol–water partition coefficient (Wildman–Crippen LogP) is 3.03. The van der Waals surface area contributed by atoms with Crippen LogP contribution in [-0.2, 0) is 17.1 Å². The first-order valence-electron chi connectivity index (χ1n) is 8.41. The molecule has 1 N–H and O–H groups in total. The Kier molecular flexibility index (Phi) is 5.81. The summed E-state index contributed by atoms with van der Waals surface area (Å²) in [5.41, 5.74) is 2.27. The third-order valence-electron chi connectivity index (χ3n) is 4.45. The zero-order valence-electron chi connectivity index (χ0n) is 15.3. The third-order valence-corrected chi connectivity index (χ3v) is 5.97. The van der Waals surface area contributed by atoms with Gasteiger partial charge in [-0.2, -0.15) is 0 Å². The van der Waals surface area contributed by atoms with E-state index in [1.165, 1.54) is 5.57 Å². The molecule has 1 unspecified atom stereocenters. The molecule has 0 spiro atoms. The lowest BCUT2D eigenvalue weighted by atomic mass is 10.00. The van der Waals surface area contributed by atoms with Crippen molar-refractivity contribution in [3.63, 3.8) is 0 Å². The maximum absolute atomic E-state index is 11.4. The number of sulfonamides is 1. The molecule has 1 aliphatic rings. The van der Waals surface area contributed by atoms with Crippen LogP contribution in [0.5, 0.6) is 0 Å². The summed E-state index contributed by atoms with van der Waals surface area (Å²) in [6.45, 7) is 3.19. The van der Waals surface area contributed by atoms with Gasteiger partial charge in [0.25, 0.3) is 0 Å². The Morgan fingerprint density at radius 1 is 1.22 bits per heavy atom. The van der Waals surface area contributed by atoms with Gasteiger partial charge in [-0.15, -0.1) is 10.2 Å². The number of aromatic nitrogens is 3. The summed E-state index contributed by atoms with van der Waals surface area (Å²) >= 11 is 12.1. The number of halogens is 2. The summed E-state index contributed by atoms with van der Waals surface area (Å²) in [5.74, 6) is 1.27. The Bertz CT molecular complexity index is 987. The minimum Gasteiger partial charge on any atom is -0.337 e. The van der Waals surface area contributed by atoms with Crippen molar-refractivity contribution in [3.05, 3.63) is 45.7 Å². The van der Waals surface area contributed by atoms with Gasteiger partial charge in [0, 0.05) is 20.1 Å². The summed E-state index contributed by atoms with van der Waals surface area (Å²) in [7, 11) is -1.49. The molecule has 0 saturated carbocycles. The number of anilines is 1. The molecule has 3 rings (SSSR count). The minimum atomic E-state index is -3.32. The van der Waals surface area contributed by atoms with Crippen LogP contribution in [0.2, 0.25) is 10.0 Å². The second kappa shape index (κ2) is 7.79. The van der Waals surface area contributed by atoms with Crippen molar-refractivity contribution < 1.29 is 8.42 Å². The van der Waals surface area contributed by atoms with E-state index in [-0.39, 0.29) is 0 Å². The second-order valence-electron chi connectivity index (χ2n) is 6.58. The summed E-state index contributed by atoms with van der Waals surface area (Å²) in [6, 6.07) is 5.19. The third kappa shape index (κ3) is 4.63. The average molecular weight is 430 g/mol. The van der Waals surface area contributed by atoms with E-state index in [4.69, 9.17) is 23.2 Å². The van der Waals surface area contributed by atoms with E-state index >= 15 is 0 Å². The normalized spacial score (nSPS) is 16.3. The smallest absolute Gasteiger partial charge is 0.227 e. The van der Waals surface area contributed by atoms with E-state index in [1.807, 2.05) is 23.7 Å². The number of nitrogens with zero attached hydrogens (tertiary/aromatic N) is 4. The molecule has 0 saturated heterocycles. The lowest BCUT2D eigenvalue weighted by Gasteiger charge is -2.27. The van der Waals surface area contributed by atoms with Crippen LogP contribution in [-0.4, -0.2) is 42.5 Å². The highest BCUT2D eigenvalue weighted by Crippen LogP contribution is 2.30. The van der Waals surface area contributed by atoms with Crippen LogP contribution in [0.3, 0.4) is 0 Å². The van der Waals surface area contributed by atoms with Crippen molar-refractivity contribution in [1.82, 2.24) is 19.5 Å². The molecule has 1 aromatic heterocycles. The molecule has 0 amide bonds. The molecule has 27 heavy (non-hydrogen) atoms. The van der Waals surface area contributed by atoms with Crippen LogP contribution < -0.4 is 9.62 Å². The van der Waals surface area contributed by atoms with Gasteiger partial charge in [0.15, 0.2) is 5.82 Å². The lowest BCUT2D eigenvalue weighted by Crippen LogP contribution is -2.31.